The number of rotatable bonds is 6. The van der Waals surface area contributed by atoms with Gasteiger partial charge in [0.05, 0.1) is 6.61 Å². The zero-order valence-corrected chi connectivity index (χ0v) is 11.5. The molecule has 0 aromatic carbocycles. The van der Waals surface area contributed by atoms with E-state index in [0.717, 1.165) is 23.6 Å². The molecular weight excluding hydrogens is 272 g/mol. The monoisotopic (exact) mass is 292 g/mol. The van der Waals surface area contributed by atoms with Crippen molar-refractivity contribution in [3.05, 3.63) is 0 Å². The van der Waals surface area contributed by atoms with Crippen LogP contribution in [0.2, 0.25) is 0 Å². The fourth-order valence-electron chi connectivity index (χ4n) is 2.51. The molecule has 110 valence electrons. The molecule has 1 saturated carbocycles. The standard InChI is InChI=1S/C11H20N2O5S/c14-8-7-12(9-4-5-9)19(17,18)13-6-2-1-3-10(13)11(15)16/h9-10,14H,1-8H2,(H,15,16). The molecule has 8 heteroatoms. The van der Waals surface area contributed by atoms with Gasteiger partial charge < -0.3 is 10.2 Å². The van der Waals surface area contributed by atoms with Crippen LogP contribution in [0.25, 0.3) is 0 Å². The minimum absolute atomic E-state index is 0.0375. The predicted octanol–water partition coefficient (Wildman–Crippen LogP) is -0.373. The lowest BCUT2D eigenvalue weighted by atomic mass is 10.1. The fourth-order valence-corrected chi connectivity index (χ4v) is 4.56. The summed E-state index contributed by atoms with van der Waals surface area (Å²) in [6.45, 7) is 0.0328. The number of hydrogen-bond acceptors (Lipinski definition) is 4. The Morgan fingerprint density at radius 1 is 1.26 bits per heavy atom. The van der Waals surface area contributed by atoms with E-state index in [0.29, 0.717) is 12.8 Å². The highest BCUT2D eigenvalue weighted by Gasteiger charge is 2.44. The maximum absolute atomic E-state index is 12.5. The molecule has 19 heavy (non-hydrogen) atoms. The number of nitrogens with zero attached hydrogens (tertiary/aromatic N) is 2. The van der Waals surface area contributed by atoms with Crippen LogP contribution in [0.3, 0.4) is 0 Å². The lowest BCUT2D eigenvalue weighted by Crippen LogP contribution is -2.54. The van der Waals surface area contributed by atoms with Gasteiger partial charge in [-0.15, -0.1) is 0 Å². The Balaban J connectivity index is 2.22. The largest absolute Gasteiger partial charge is 0.480 e. The summed E-state index contributed by atoms with van der Waals surface area (Å²) in [4.78, 5) is 11.2. The van der Waals surface area contributed by atoms with Crippen LogP contribution >= 0.6 is 0 Å². The Kier molecular flexibility index (Phi) is 4.44. The van der Waals surface area contributed by atoms with Crippen molar-refractivity contribution in [3.63, 3.8) is 0 Å². The molecule has 1 heterocycles. The second-order valence-corrected chi connectivity index (χ2v) is 6.87. The molecule has 0 bridgehead atoms. The van der Waals surface area contributed by atoms with E-state index in [2.05, 4.69) is 0 Å². The summed E-state index contributed by atoms with van der Waals surface area (Å²) in [6.07, 6.45) is 3.33. The topological polar surface area (TPSA) is 98.2 Å². The van der Waals surface area contributed by atoms with Gasteiger partial charge in [0.2, 0.25) is 0 Å². The van der Waals surface area contributed by atoms with E-state index < -0.39 is 22.2 Å². The van der Waals surface area contributed by atoms with E-state index in [1.165, 1.54) is 4.31 Å². The highest BCUT2D eigenvalue weighted by atomic mass is 32.2. The molecule has 1 saturated heterocycles. The van der Waals surface area contributed by atoms with Gasteiger partial charge in [-0.05, 0) is 32.1 Å². The number of hydrogen-bond donors (Lipinski definition) is 2. The van der Waals surface area contributed by atoms with Crippen molar-refractivity contribution in [1.29, 1.82) is 0 Å². The first-order valence-corrected chi connectivity index (χ1v) is 8.00. The number of carboxylic acid groups (broad SMARTS) is 1. The summed E-state index contributed by atoms with van der Waals surface area (Å²) in [5, 5.41) is 18.2. The van der Waals surface area contributed by atoms with E-state index in [1.54, 1.807) is 0 Å². The maximum atomic E-state index is 12.5. The molecule has 7 nitrogen and oxygen atoms in total. The minimum Gasteiger partial charge on any atom is -0.480 e. The van der Waals surface area contributed by atoms with E-state index in [4.69, 9.17) is 10.2 Å². The van der Waals surface area contributed by atoms with E-state index in [-0.39, 0.29) is 25.7 Å². The number of aliphatic carboxylic acids is 1. The molecule has 2 fully saturated rings. The second kappa shape index (κ2) is 5.74. The van der Waals surface area contributed by atoms with Gasteiger partial charge in [-0.25, -0.2) is 0 Å². The van der Waals surface area contributed by atoms with Crippen LogP contribution < -0.4 is 0 Å². The van der Waals surface area contributed by atoms with Gasteiger partial charge in [0, 0.05) is 19.1 Å². The Bertz CT molecular complexity index is 434. The van der Waals surface area contributed by atoms with E-state index in [9.17, 15) is 13.2 Å². The summed E-state index contributed by atoms with van der Waals surface area (Å²) < 4.78 is 27.4. The molecule has 1 aliphatic carbocycles. The fraction of sp³-hybridized carbons (Fsp3) is 0.909. The first kappa shape index (κ1) is 14.7. The van der Waals surface area contributed by atoms with Gasteiger partial charge in [0.15, 0.2) is 0 Å². The van der Waals surface area contributed by atoms with Gasteiger partial charge in [-0.1, -0.05) is 0 Å². The van der Waals surface area contributed by atoms with Crippen molar-refractivity contribution in [2.45, 2.75) is 44.2 Å². The number of carboxylic acids is 1. The van der Waals surface area contributed by atoms with Crippen molar-refractivity contribution >= 4 is 16.2 Å². The number of aliphatic hydroxyl groups excluding tert-OH is 1. The third-order valence-corrected chi connectivity index (χ3v) is 5.71. The molecule has 1 unspecified atom stereocenters. The Morgan fingerprint density at radius 3 is 2.47 bits per heavy atom. The van der Waals surface area contributed by atoms with Gasteiger partial charge in [0.25, 0.3) is 10.2 Å². The molecular formula is C11H20N2O5S. The quantitative estimate of drug-likeness (QED) is 0.696. The lowest BCUT2D eigenvalue weighted by molar-refractivity contribution is -0.142. The SMILES string of the molecule is O=C(O)C1CCCCN1S(=O)(=O)N(CCO)C1CC1. The van der Waals surface area contributed by atoms with Crippen molar-refractivity contribution in [1.82, 2.24) is 8.61 Å². The van der Waals surface area contributed by atoms with E-state index in [1.807, 2.05) is 0 Å². The summed E-state index contributed by atoms with van der Waals surface area (Å²) in [5.74, 6) is -1.09. The summed E-state index contributed by atoms with van der Waals surface area (Å²) in [5.41, 5.74) is 0. The number of piperidine rings is 1. The Hall–Kier alpha value is -0.700. The molecule has 0 radical (unpaired) electrons. The zero-order chi connectivity index (χ0) is 14.0. The first-order chi connectivity index (χ1) is 8.98. The Morgan fingerprint density at radius 2 is 1.95 bits per heavy atom. The summed E-state index contributed by atoms with van der Waals surface area (Å²) in [6, 6.07) is -1.05. The average Bonchev–Trinajstić information content (AvgIpc) is 3.20. The van der Waals surface area contributed by atoms with Gasteiger partial charge >= 0.3 is 5.97 Å². The number of carbonyl (C=O) groups is 1. The highest BCUT2D eigenvalue weighted by molar-refractivity contribution is 7.86. The average molecular weight is 292 g/mol. The normalized spacial score (nSPS) is 25.7. The van der Waals surface area contributed by atoms with Gasteiger partial charge in [-0.2, -0.15) is 17.0 Å². The Labute approximate surface area is 113 Å². The van der Waals surface area contributed by atoms with E-state index >= 15 is 0 Å². The predicted molar refractivity (Wildman–Crippen MR) is 67.7 cm³/mol. The lowest BCUT2D eigenvalue weighted by Gasteiger charge is -2.35. The van der Waals surface area contributed by atoms with Crippen molar-refractivity contribution in [3.8, 4) is 0 Å². The van der Waals surface area contributed by atoms with Crippen LogP contribution in [-0.4, -0.2) is 65.0 Å². The maximum Gasteiger partial charge on any atom is 0.322 e. The van der Waals surface area contributed by atoms with Crippen molar-refractivity contribution in [2.75, 3.05) is 19.7 Å². The highest BCUT2D eigenvalue weighted by Crippen LogP contribution is 2.32. The van der Waals surface area contributed by atoms with Gasteiger partial charge in [0.1, 0.15) is 6.04 Å². The molecule has 1 aliphatic heterocycles. The molecule has 2 aliphatic rings. The molecule has 0 spiro atoms. The smallest absolute Gasteiger partial charge is 0.322 e. The summed E-state index contributed by atoms with van der Waals surface area (Å²) >= 11 is 0. The van der Waals surface area contributed by atoms with Crippen LogP contribution in [0.1, 0.15) is 32.1 Å². The zero-order valence-electron chi connectivity index (χ0n) is 10.7. The molecule has 2 rings (SSSR count). The summed E-state index contributed by atoms with van der Waals surface area (Å²) in [7, 11) is -3.79. The molecule has 0 amide bonds. The van der Waals surface area contributed by atoms with Crippen LogP contribution in [0.5, 0.6) is 0 Å². The molecule has 2 N–H and O–H groups in total. The third kappa shape index (κ3) is 3.07. The molecule has 0 aromatic heterocycles. The van der Waals surface area contributed by atoms with Crippen LogP contribution in [0, 0.1) is 0 Å². The first-order valence-electron chi connectivity index (χ1n) is 6.60. The number of aliphatic hydroxyl groups is 1. The molecule has 1 atom stereocenters. The van der Waals surface area contributed by atoms with Crippen LogP contribution in [-0.2, 0) is 15.0 Å². The van der Waals surface area contributed by atoms with Crippen molar-refractivity contribution in [2.24, 2.45) is 0 Å². The molecule has 0 aromatic rings. The van der Waals surface area contributed by atoms with Crippen molar-refractivity contribution < 1.29 is 23.4 Å². The third-order valence-electron chi connectivity index (χ3n) is 3.61. The minimum atomic E-state index is -3.79. The van der Waals surface area contributed by atoms with Crippen LogP contribution in [0.15, 0.2) is 0 Å². The van der Waals surface area contributed by atoms with Crippen LogP contribution in [0.4, 0.5) is 0 Å². The second-order valence-electron chi connectivity index (χ2n) is 5.03. The van der Waals surface area contributed by atoms with Gasteiger partial charge in [-0.3, -0.25) is 4.79 Å².